The number of hydrogen-bond acceptors (Lipinski definition) is 4. The summed E-state index contributed by atoms with van der Waals surface area (Å²) in [5.41, 5.74) is 0.0322. The largest absolute Gasteiger partial charge is 0.481 e. The van der Waals surface area contributed by atoms with E-state index in [1.807, 2.05) is 40.1 Å². The quantitative estimate of drug-likeness (QED) is 0.688. The highest BCUT2D eigenvalue weighted by atomic mass is 16.5. The molecule has 2 aliphatic heterocycles. The second kappa shape index (κ2) is 8.74. The maximum Gasteiger partial charge on any atom is 0.263 e. The monoisotopic (exact) mass is 374 g/mol. The molecule has 1 aromatic carbocycles. The zero-order valence-corrected chi connectivity index (χ0v) is 16.4. The Morgan fingerprint density at radius 1 is 1.22 bits per heavy atom. The number of carbonyl (C=O) groups is 2. The first-order valence-electron chi connectivity index (χ1n) is 9.80. The molecule has 2 fully saturated rings. The van der Waals surface area contributed by atoms with E-state index in [0.717, 1.165) is 32.4 Å². The Kier molecular flexibility index (Phi) is 6.37. The van der Waals surface area contributed by atoms with Crippen LogP contribution in [0.3, 0.4) is 0 Å². The average molecular weight is 374 g/mol. The molecule has 1 atom stereocenters. The Labute approximate surface area is 161 Å². The van der Waals surface area contributed by atoms with Crippen molar-refractivity contribution in [2.75, 3.05) is 39.9 Å². The molecule has 2 heterocycles. The number of piperidine rings is 1. The predicted molar refractivity (Wildman–Crippen MR) is 102 cm³/mol. The van der Waals surface area contributed by atoms with E-state index >= 15 is 0 Å². The van der Waals surface area contributed by atoms with Crippen LogP contribution in [0.5, 0.6) is 5.75 Å². The minimum Gasteiger partial charge on any atom is -0.481 e. The Morgan fingerprint density at radius 3 is 2.59 bits per heavy atom. The van der Waals surface area contributed by atoms with Crippen molar-refractivity contribution in [3.63, 3.8) is 0 Å². The van der Waals surface area contributed by atoms with Gasteiger partial charge < -0.3 is 19.3 Å². The number of benzene rings is 1. The van der Waals surface area contributed by atoms with Gasteiger partial charge in [-0.2, -0.15) is 0 Å². The highest BCUT2D eigenvalue weighted by Crippen LogP contribution is 2.41. The third-order valence-electron chi connectivity index (χ3n) is 5.72. The lowest BCUT2D eigenvalue weighted by Crippen LogP contribution is -2.48. The molecule has 0 radical (unpaired) electrons. The molecule has 0 aromatic heterocycles. The van der Waals surface area contributed by atoms with Crippen LogP contribution in [-0.2, 0) is 14.3 Å². The van der Waals surface area contributed by atoms with Crippen LogP contribution in [0.2, 0.25) is 0 Å². The topological polar surface area (TPSA) is 59.1 Å². The molecule has 1 unspecified atom stereocenters. The zero-order valence-electron chi connectivity index (χ0n) is 16.4. The lowest BCUT2D eigenvalue weighted by molar-refractivity contribution is -0.140. The van der Waals surface area contributed by atoms with Gasteiger partial charge in [-0.3, -0.25) is 9.59 Å². The van der Waals surface area contributed by atoms with Crippen molar-refractivity contribution in [3.05, 3.63) is 30.3 Å². The standard InChI is InChI=1S/C21H30N2O4/c1-17(27-18-7-4-3-5-8-18)20(25)22-12-9-21(10-13-22)15-19(24)23(16-21)11-6-14-26-2/h3-5,7-8,17H,6,9-16H2,1-2H3. The van der Waals surface area contributed by atoms with Gasteiger partial charge >= 0.3 is 0 Å². The molecule has 3 rings (SSSR count). The van der Waals surface area contributed by atoms with Crippen LogP contribution in [-0.4, -0.2) is 67.6 Å². The lowest BCUT2D eigenvalue weighted by Gasteiger charge is -2.39. The SMILES string of the molecule is COCCCN1CC2(CCN(C(=O)C(C)Oc3ccccc3)CC2)CC1=O. The van der Waals surface area contributed by atoms with E-state index in [1.165, 1.54) is 0 Å². The molecular weight excluding hydrogens is 344 g/mol. The summed E-state index contributed by atoms with van der Waals surface area (Å²) in [6, 6.07) is 9.43. The van der Waals surface area contributed by atoms with Gasteiger partial charge in [0.2, 0.25) is 5.91 Å². The highest BCUT2D eigenvalue weighted by molar-refractivity contribution is 5.81. The summed E-state index contributed by atoms with van der Waals surface area (Å²) in [4.78, 5) is 28.9. The lowest BCUT2D eigenvalue weighted by atomic mass is 9.77. The van der Waals surface area contributed by atoms with Gasteiger partial charge in [-0.25, -0.2) is 0 Å². The number of likely N-dealkylation sites (tertiary alicyclic amines) is 2. The van der Waals surface area contributed by atoms with Gasteiger partial charge in [-0.05, 0) is 38.3 Å². The van der Waals surface area contributed by atoms with E-state index in [1.54, 1.807) is 14.0 Å². The van der Waals surface area contributed by atoms with Crippen molar-refractivity contribution in [1.82, 2.24) is 9.80 Å². The van der Waals surface area contributed by atoms with Crippen molar-refractivity contribution in [3.8, 4) is 5.75 Å². The van der Waals surface area contributed by atoms with Crippen molar-refractivity contribution in [1.29, 1.82) is 0 Å². The third-order valence-corrected chi connectivity index (χ3v) is 5.72. The Hall–Kier alpha value is -2.08. The molecule has 0 aliphatic carbocycles. The van der Waals surface area contributed by atoms with E-state index < -0.39 is 6.10 Å². The number of para-hydroxylation sites is 1. The first-order valence-corrected chi connectivity index (χ1v) is 9.80. The molecule has 0 N–H and O–H groups in total. The van der Waals surface area contributed by atoms with Gasteiger partial charge in [0.25, 0.3) is 5.91 Å². The highest BCUT2D eigenvalue weighted by Gasteiger charge is 2.45. The summed E-state index contributed by atoms with van der Waals surface area (Å²) in [5.74, 6) is 0.974. The van der Waals surface area contributed by atoms with Gasteiger partial charge in [0.05, 0.1) is 0 Å². The van der Waals surface area contributed by atoms with Gasteiger partial charge in [-0.15, -0.1) is 0 Å². The second-order valence-electron chi connectivity index (χ2n) is 7.74. The predicted octanol–water partition coefficient (Wildman–Crippen LogP) is 2.33. The van der Waals surface area contributed by atoms with Crippen LogP contribution in [0.4, 0.5) is 0 Å². The molecule has 2 amide bonds. The molecule has 1 aromatic rings. The maximum atomic E-state index is 12.7. The molecule has 0 saturated carbocycles. The fourth-order valence-electron chi connectivity index (χ4n) is 4.13. The Bertz CT molecular complexity index is 641. The Balaban J connectivity index is 1.49. The van der Waals surface area contributed by atoms with Crippen LogP contribution in [0.25, 0.3) is 0 Å². The fraction of sp³-hybridized carbons (Fsp3) is 0.619. The minimum absolute atomic E-state index is 0.0231. The van der Waals surface area contributed by atoms with E-state index in [9.17, 15) is 9.59 Å². The number of ether oxygens (including phenoxy) is 2. The molecule has 27 heavy (non-hydrogen) atoms. The van der Waals surface area contributed by atoms with Crippen LogP contribution in [0.15, 0.2) is 30.3 Å². The van der Waals surface area contributed by atoms with E-state index in [0.29, 0.717) is 31.9 Å². The molecule has 0 bridgehead atoms. The van der Waals surface area contributed by atoms with Crippen LogP contribution in [0.1, 0.15) is 32.6 Å². The van der Waals surface area contributed by atoms with Crippen LogP contribution in [0, 0.1) is 5.41 Å². The number of amides is 2. The van der Waals surface area contributed by atoms with Crippen LogP contribution >= 0.6 is 0 Å². The number of methoxy groups -OCH3 is 1. The van der Waals surface area contributed by atoms with Crippen molar-refractivity contribution in [2.45, 2.75) is 38.7 Å². The molecule has 6 heteroatoms. The molecule has 2 aliphatic rings. The van der Waals surface area contributed by atoms with E-state index in [4.69, 9.17) is 9.47 Å². The first-order chi connectivity index (χ1) is 13.0. The summed E-state index contributed by atoms with van der Waals surface area (Å²) in [7, 11) is 1.68. The maximum absolute atomic E-state index is 12.7. The number of carbonyl (C=O) groups excluding carboxylic acids is 2. The van der Waals surface area contributed by atoms with Gasteiger partial charge in [0, 0.05) is 51.7 Å². The average Bonchev–Trinajstić information content (AvgIpc) is 2.98. The smallest absolute Gasteiger partial charge is 0.263 e. The van der Waals surface area contributed by atoms with Crippen molar-refractivity contribution < 1.29 is 19.1 Å². The molecule has 2 saturated heterocycles. The van der Waals surface area contributed by atoms with Gasteiger partial charge in [0.15, 0.2) is 6.10 Å². The number of rotatable bonds is 7. The van der Waals surface area contributed by atoms with Crippen molar-refractivity contribution in [2.24, 2.45) is 5.41 Å². The molecule has 148 valence electrons. The van der Waals surface area contributed by atoms with E-state index in [-0.39, 0.29) is 17.2 Å². The summed E-state index contributed by atoms with van der Waals surface area (Å²) >= 11 is 0. The summed E-state index contributed by atoms with van der Waals surface area (Å²) in [5, 5.41) is 0. The second-order valence-corrected chi connectivity index (χ2v) is 7.74. The number of nitrogens with zero attached hydrogens (tertiary/aromatic N) is 2. The van der Waals surface area contributed by atoms with E-state index in [2.05, 4.69) is 0 Å². The van der Waals surface area contributed by atoms with Crippen molar-refractivity contribution >= 4 is 11.8 Å². The zero-order chi connectivity index (χ0) is 19.3. The minimum atomic E-state index is -0.503. The first kappa shape index (κ1) is 19.7. The normalized spacial score (nSPS) is 20.1. The van der Waals surface area contributed by atoms with Gasteiger partial charge in [-0.1, -0.05) is 18.2 Å². The van der Waals surface area contributed by atoms with Gasteiger partial charge in [0.1, 0.15) is 5.75 Å². The Morgan fingerprint density at radius 2 is 1.93 bits per heavy atom. The summed E-state index contributed by atoms with van der Waals surface area (Å²) in [6.07, 6.45) is 2.74. The van der Waals surface area contributed by atoms with Crippen LogP contribution < -0.4 is 4.74 Å². The fourth-order valence-corrected chi connectivity index (χ4v) is 4.13. The summed E-state index contributed by atoms with van der Waals surface area (Å²) < 4.78 is 10.9. The molecule has 1 spiro atoms. The molecular formula is C21H30N2O4. The number of hydrogen-bond donors (Lipinski definition) is 0. The third kappa shape index (κ3) is 4.80. The summed E-state index contributed by atoms with van der Waals surface area (Å²) in [6.45, 7) is 5.45. The molecule has 6 nitrogen and oxygen atoms in total.